The summed E-state index contributed by atoms with van der Waals surface area (Å²) in [6.07, 6.45) is 1.12. The lowest BCUT2D eigenvalue weighted by molar-refractivity contribution is -0.113. The SMILES string of the molecule is C=CC(=O)N(C(=O)N(C)CC(C)(F)F)c1cc(C=O)c(Br)cc1F. The summed E-state index contributed by atoms with van der Waals surface area (Å²) in [5.74, 6) is -5.23. The number of hydrogen-bond acceptors (Lipinski definition) is 3. The molecule has 0 spiro atoms. The molecule has 0 saturated heterocycles. The lowest BCUT2D eigenvalue weighted by Gasteiger charge is -2.28. The first-order valence-corrected chi connectivity index (χ1v) is 7.34. The Morgan fingerprint density at radius 1 is 1.38 bits per heavy atom. The van der Waals surface area contributed by atoms with Gasteiger partial charge in [-0.05, 0) is 34.1 Å². The molecule has 0 atom stereocenters. The fraction of sp³-hybridized carbons (Fsp3) is 0.267. The van der Waals surface area contributed by atoms with Crippen LogP contribution in [0.15, 0.2) is 29.3 Å². The lowest BCUT2D eigenvalue weighted by atomic mass is 10.2. The maximum atomic E-state index is 14.2. The lowest BCUT2D eigenvalue weighted by Crippen LogP contribution is -2.47. The van der Waals surface area contributed by atoms with Gasteiger partial charge >= 0.3 is 6.03 Å². The highest BCUT2D eigenvalue weighted by Gasteiger charge is 2.32. The summed E-state index contributed by atoms with van der Waals surface area (Å²) >= 11 is 2.96. The van der Waals surface area contributed by atoms with Crippen LogP contribution in [0.2, 0.25) is 0 Å². The molecule has 0 radical (unpaired) electrons. The Morgan fingerprint density at radius 3 is 2.42 bits per heavy atom. The summed E-state index contributed by atoms with van der Waals surface area (Å²) in [7, 11) is 1.04. The van der Waals surface area contributed by atoms with Gasteiger partial charge in [0.25, 0.3) is 11.8 Å². The van der Waals surface area contributed by atoms with Gasteiger partial charge in [-0.3, -0.25) is 9.59 Å². The standard InChI is InChI=1S/C15H14BrF3N2O3/c1-4-13(23)21(14(24)20(3)8-15(2,18)19)12-5-9(7-22)10(16)6-11(12)17/h4-7H,1,8H2,2-3H3. The molecule has 1 aromatic rings. The summed E-state index contributed by atoms with van der Waals surface area (Å²) in [5.41, 5.74) is -0.564. The van der Waals surface area contributed by atoms with Gasteiger partial charge in [-0.2, -0.15) is 0 Å². The number of aldehydes is 1. The van der Waals surface area contributed by atoms with E-state index in [1.165, 1.54) is 0 Å². The minimum atomic E-state index is -3.21. The molecule has 0 fully saturated rings. The second kappa shape index (κ2) is 7.61. The third kappa shape index (κ3) is 4.67. The fourth-order valence-electron chi connectivity index (χ4n) is 1.88. The Labute approximate surface area is 144 Å². The molecule has 1 aromatic carbocycles. The largest absolute Gasteiger partial charge is 0.331 e. The molecule has 0 heterocycles. The third-order valence-corrected chi connectivity index (χ3v) is 3.55. The number of benzene rings is 1. The maximum Gasteiger partial charge on any atom is 0.331 e. The Bertz CT molecular complexity index is 689. The molecule has 5 nitrogen and oxygen atoms in total. The highest BCUT2D eigenvalue weighted by Crippen LogP contribution is 2.28. The summed E-state index contributed by atoms with van der Waals surface area (Å²) in [5, 5.41) is 0. The van der Waals surface area contributed by atoms with Gasteiger partial charge in [0.05, 0.1) is 12.2 Å². The van der Waals surface area contributed by atoms with Gasteiger partial charge in [-0.1, -0.05) is 6.58 Å². The van der Waals surface area contributed by atoms with Crippen LogP contribution >= 0.6 is 15.9 Å². The molecular weight excluding hydrogens is 393 g/mol. The molecule has 1 rings (SSSR count). The number of rotatable bonds is 5. The molecule has 0 saturated carbocycles. The van der Waals surface area contributed by atoms with Crippen molar-refractivity contribution in [1.29, 1.82) is 0 Å². The van der Waals surface area contributed by atoms with E-state index in [1.54, 1.807) is 0 Å². The predicted octanol–water partition coefficient (Wildman–Crippen LogP) is 3.63. The number of carbonyl (C=O) groups excluding carboxylic acids is 3. The van der Waals surface area contributed by atoms with Crippen LogP contribution in [0.25, 0.3) is 0 Å². The highest BCUT2D eigenvalue weighted by molar-refractivity contribution is 9.10. The van der Waals surface area contributed by atoms with Crippen molar-refractivity contribution in [2.45, 2.75) is 12.8 Å². The van der Waals surface area contributed by atoms with Crippen LogP contribution in [-0.4, -0.2) is 42.6 Å². The van der Waals surface area contributed by atoms with Crippen LogP contribution in [0.1, 0.15) is 17.3 Å². The smallest absolute Gasteiger partial charge is 0.321 e. The normalized spacial score (nSPS) is 10.9. The topological polar surface area (TPSA) is 57.7 Å². The Hall–Kier alpha value is -2.16. The number of imide groups is 1. The maximum absolute atomic E-state index is 14.2. The number of hydrogen-bond donors (Lipinski definition) is 0. The van der Waals surface area contributed by atoms with Gasteiger partial charge in [0, 0.05) is 24.0 Å². The van der Waals surface area contributed by atoms with Crippen molar-refractivity contribution < 1.29 is 27.6 Å². The first kappa shape index (κ1) is 19.9. The first-order valence-electron chi connectivity index (χ1n) is 6.55. The van der Waals surface area contributed by atoms with E-state index in [2.05, 4.69) is 22.5 Å². The number of nitrogens with zero attached hydrogens (tertiary/aromatic N) is 2. The van der Waals surface area contributed by atoms with Crippen LogP contribution < -0.4 is 4.90 Å². The summed E-state index contributed by atoms with van der Waals surface area (Å²) in [6, 6.07) is 0.674. The Morgan fingerprint density at radius 2 is 1.96 bits per heavy atom. The van der Waals surface area contributed by atoms with E-state index < -0.39 is 35.9 Å². The number of amides is 3. The number of alkyl halides is 2. The van der Waals surface area contributed by atoms with Crippen molar-refractivity contribution >= 4 is 39.8 Å². The Balaban J connectivity index is 3.38. The van der Waals surface area contributed by atoms with E-state index in [0.29, 0.717) is 23.0 Å². The molecule has 0 aliphatic rings. The zero-order valence-electron chi connectivity index (χ0n) is 12.9. The molecule has 0 aliphatic carbocycles. The van der Waals surface area contributed by atoms with Crippen LogP contribution in [0.4, 0.5) is 23.7 Å². The minimum Gasteiger partial charge on any atom is -0.321 e. The van der Waals surface area contributed by atoms with E-state index in [0.717, 1.165) is 25.3 Å². The number of anilines is 1. The molecule has 0 bridgehead atoms. The quantitative estimate of drug-likeness (QED) is 0.554. The van der Waals surface area contributed by atoms with Crippen molar-refractivity contribution in [1.82, 2.24) is 4.90 Å². The summed E-state index contributed by atoms with van der Waals surface area (Å²) in [6.45, 7) is 2.82. The molecule has 0 N–H and O–H groups in total. The average molecular weight is 407 g/mol. The van der Waals surface area contributed by atoms with Crippen molar-refractivity contribution in [3.8, 4) is 0 Å². The number of carbonyl (C=O) groups is 3. The van der Waals surface area contributed by atoms with Crippen LogP contribution in [0, 0.1) is 5.82 Å². The second-order valence-electron chi connectivity index (χ2n) is 5.03. The van der Waals surface area contributed by atoms with Gasteiger partial charge in [0.15, 0.2) is 6.29 Å². The molecule has 130 valence electrons. The van der Waals surface area contributed by atoms with Crippen molar-refractivity contribution in [2.24, 2.45) is 0 Å². The molecule has 3 amide bonds. The van der Waals surface area contributed by atoms with Gasteiger partial charge < -0.3 is 4.90 Å². The second-order valence-corrected chi connectivity index (χ2v) is 5.88. The molecule has 24 heavy (non-hydrogen) atoms. The van der Waals surface area contributed by atoms with E-state index in [-0.39, 0.29) is 10.0 Å². The van der Waals surface area contributed by atoms with E-state index in [4.69, 9.17) is 0 Å². The van der Waals surface area contributed by atoms with Gasteiger partial charge in [-0.25, -0.2) is 22.9 Å². The monoisotopic (exact) mass is 406 g/mol. The van der Waals surface area contributed by atoms with Gasteiger partial charge in [0.1, 0.15) is 5.82 Å². The van der Waals surface area contributed by atoms with Crippen molar-refractivity contribution in [3.05, 3.63) is 40.6 Å². The molecule has 9 heteroatoms. The number of urea groups is 1. The zero-order chi connectivity index (χ0) is 18.7. The highest BCUT2D eigenvalue weighted by atomic mass is 79.9. The number of halogens is 4. The van der Waals surface area contributed by atoms with Gasteiger partial charge in [0.2, 0.25) is 0 Å². The third-order valence-electron chi connectivity index (χ3n) is 2.86. The van der Waals surface area contributed by atoms with E-state index >= 15 is 0 Å². The van der Waals surface area contributed by atoms with E-state index in [9.17, 15) is 27.6 Å². The predicted molar refractivity (Wildman–Crippen MR) is 85.8 cm³/mol. The van der Waals surface area contributed by atoms with Crippen molar-refractivity contribution in [2.75, 3.05) is 18.5 Å². The molecule has 0 aromatic heterocycles. The molecular formula is C15H14BrF3N2O3. The van der Waals surface area contributed by atoms with Gasteiger partial charge in [-0.15, -0.1) is 0 Å². The van der Waals surface area contributed by atoms with Crippen molar-refractivity contribution in [3.63, 3.8) is 0 Å². The zero-order valence-corrected chi connectivity index (χ0v) is 14.4. The van der Waals surface area contributed by atoms with Crippen LogP contribution in [0.3, 0.4) is 0 Å². The first-order chi connectivity index (χ1) is 11.0. The summed E-state index contributed by atoms with van der Waals surface area (Å²) in [4.78, 5) is 36.2. The fourth-order valence-corrected chi connectivity index (χ4v) is 2.29. The average Bonchev–Trinajstić information content (AvgIpc) is 2.47. The molecule has 0 unspecified atom stereocenters. The van der Waals surface area contributed by atoms with E-state index in [1.807, 2.05) is 0 Å². The van der Waals surface area contributed by atoms with Crippen LogP contribution in [-0.2, 0) is 4.79 Å². The Kier molecular flexibility index (Phi) is 6.30. The van der Waals surface area contributed by atoms with Crippen LogP contribution in [0.5, 0.6) is 0 Å². The minimum absolute atomic E-state index is 0.0236. The summed E-state index contributed by atoms with van der Waals surface area (Å²) < 4.78 is 40.5. The molecule has 0 aliphatic heterocycles.